The van der Waals surface area contributed by atoms with Crippen LogP contribution < -0.4 is 4.74 Å². The zero-order valence-corrected chi connectivity index (χ0v) is 12.5. The molecule has 3 aromatic rings. The van der Waals surface area contributed by atoms with Crippen LogP contribution in [-0.2, 0) is 6.61 Å². The Hall–Kier alpha value is -2.14. The second-order valence-corrected chi connectivity index (χ2v) is 5.28. The van der Waals surface area contributed by atoms with Gasteiger partial charge in [-0.15, -0.1) is 0 Å². The zero-order chi connectivity index (χ0) is 14.7. The van der Waals surface area contributed by atoms with Crippen molar-refractivity contribution in [3.05, 3.63) is 70.9 Å². The molecule has 3 rings (SSSR count). The van der Waals surface area contributed by atoms with Crippen LogP contribution in [0.2, 0.25) is 0 Å². The lowest BCUT2D eigenvalue weighted by atomic mass is 10.2. The van der Waals surface area contributed by atoms with Crippen molar-refractivity contribution in [1.29, 1.82) is 0 Å². The Labute approximate surface area is 129 Å². The van der Waals surface area contributed by atoms with Gasteiger partial charge in [-0.3, -0.25) is 0 Å². The van der Waals surface area contributed by atoms with Crippen LogP contribution in [0.3, 0.4) is 0 Å². The highest BCUT2D eigenvalue weighted by atomic mass is 79.9. The highest BCUT2D eigenvalue weighted by molar-refractivity contribution is 9.10. The normalized spacial score (nSPS) is 10.6. The highest BCUT2D eigenvalue weighted by Gasteiger charge is 2.07. The Morgan fingerprint density at radius 3 is 2.48 bits per heavy atom. The summed E-state index contributed by atoms with van der Waals surface area (Å²) in [4.78, 5) is 4.15. The maximum absolute atomic E-state index is 12.9. The zero-order valence-electron chi connectivity index (χ0n) is 10.9. The van der Waals surface area contributed by atoms with E-state index in [9.17, 15) is 4.39 Å². The molecule has 1 aromatic heterocycles. The summed E-state index contributed by atoms with van der Waals surface area (Å²) in [6, 6.07) is 13.6. The summed E-state index contributed by atoms with van der Waals surface area (Å²) in [5.41, 5.74) is 0.777. The average molecular weight is 348 g/mol. The summed E-state index contributed by atoms with van der Waals surface area (Å²) in [5, 5.41) is 0. The summed E-state index contributed by atoms with van der Waals surface area (Å²) in [7, 11) is 0. The first-order chi connectivity index (χ1) is 10.2. The number of rotatable bonds is 4. The second kappa shape index (κ2) is 6.10. The Morgan fingerprint density at radius 2 is 1.76 bits per heavy atom. The molecule has 0 saturated heterocycles. The van der Waals surface area contributed by atoms with Crippen molar-refractivity contribution in [1.82, 2.24) is 4.98 Å². The molecule has 3 nitrogen and oxygen atoms in total. The van der Waals surface area contributed by atoms with Crippen LogP contribution in [0, 0.1) is 5.82 Å². The van der Waals surface area contributed by atoms with E-state index in [-0.39, 0.29) is 12.4 Å². The summed E-state index contributed by atoms with van der Waals surface area (Å²) in [6.45, 7) is 0.239. The lowest BCUT2D eigenvalue weighted by Crippen LogP contribution is -1.94. The molecule has 0 aliphatic rings. The molecule has 2 aromatic carbocycles. The molecule has 0 saturated carbocycles. The first-order valence-electron chi connectivity index (χ1n) is 6.30. The number of benzene rings is 2. The van der Waals surface area contributed by atoms with Crippen LogP contribution in [0.5, 0.6) is 5.75 Å². The Bertz CT molecular complexity index is 723. The molecule has 0 fully saturated rings. The maximum Gasteiger partial charge on any atom is 0.232 e. The van der Waals surface area contributed by atoms with Crippen LogP contribution in [0.4, 0.5) is 4.39 Å². The van der Waals surface area contributed by atoms with Crippen LogP contribution in [0.1, 0.15) is 5.89 Å². The average Bonchev–Trinajstić information content (AvgIpc) is 2.96. The summed E-state index contributed by atoms with van der Waals surface area (Å²) >= 11 is 3.36. The number of ether oxygens (including phenoxy) is 1. The van der Waals surface area contributed by atoms with Crippen molar-refractivity contribution in [2.45, 2.75) is 6.61 Å². The first-order valence-corrected chi connectivity index (χ1v) is 7.09. The first kappa shape index (κ1) is 13.8. The van der Waals surface area contributed by atoms with E-state index in [2.05, 4.69) is 20.9 Å². The van der Waals surface area contributed by atoms with Crippen LogP contribution in [0.25, 0.3) is 11.3 Å². The van der Waals surface area contributed by atoms with E-state index >= 15 is 0 Å². The van der Waals surface area contributed by atoms with Gasteiger partial charge in [0.15, 0.2) is 12.4 Å². The van der Waals surface area contributed by atoms with E-state index in [0.717, 1.165) is 15.8 Å². The summed E-state index contributed by atoms with van der Waals surface area (Å²) < 4.78 is 25.0. The monoisotopic (exact) mass is 347 g/mol. The van der Waals surface area contributed by atoms with Crippen LogP contribution >= 0.6 is 15.9 Å². The standard InChI is InChI=1S/C16H11BrFNO2/c17-12-3-7-14(8-4-12)20-10-16-19-9-15(21-16)11-1-5-13(18)6-2-11/h1-9H,10H2. The fourth-order valence-electron chi connectivity index (χ4n) is 1.80. The smallest absolute Gasteiger partial charge is 0.232 e. The maximum atomic E-state index is 12.9. The molecule has 21 heavy (non-hydrogen) atoms. The number of hydrogen-bond donors (Lipinski definition) is 0. The topological polar surface area (TPSA) is 35.3 Å². The molecule has 0 spiro atoms. The van der Waals surface area contributed by atoms with Gasteiger partial charge in [-0.1, -0.05) is 15.9 Å². The number of halogens is 2. The highest BCUT2D eigenvalue weighted by Crippen LogP contribution is 2.22. The molecule has 0 aliphatic heterocycles. The van der Waals surface area contributed by atoms with Gasteiger partial charge in [-0.05, 0) is 48.5 Å². The van der Waals surface area contributed by atoms with E-state index < -0.39 is 0 Å². The Balaban J connectivity index is 1.67. The quantitative estimate of drug-likeness (QED) is 0.678. The van der Waals surface area contributed by atoms with E-state index in [0.29, 0.717) is 11.7 Å². The molecule has 0 N–H and O–H groups in total. The van der Waals surface area contributed by atoms with E-state index in [4.69, 9.17) is 9.15 Å². The van der Waals surface area contributed by atoms with Gasteiger partial charge in [0.1, 0.15) is 11.6 Å². The largest absolute Gasteiger partial charge is 0.484 e. The fraction of sp³-hybridized carbons (Fsp3) is 0.0625. The van der Waals surface area contributed by atoms with Gasteiger partial charge < -0.3 is 9.15 Å². The molecule has 0 amide bonds. The van der Waals surface area contributed by atoms with Gasteiger partial charge in [0.2, 0.25) is 5.89 Å². The second-order valence-electron chi connectivity index (χ2n) is 4.37. The number of nitrogens with zero attached hydrogens (tertiary/aromatic N) is 1. The van der Waals surface area contributed by atoms with Crippen molar-refractivity contribution in [2.75, 3.05) is 0 Å². The molecular formula is C16H11BrFNO2. The molecule has 106 valence electrons. The van der Waals surface area contributed by atoms with E-state index in [1.165, 1.54) is 12.1 Å². The minimum atomic E-state index is -0.280. The van der Waals surface area contributed by atoms with Gasteiger partial charge in [-0.2, -0.15) is 0 Å². The SMILES string of the molecule is Fc1ccc(-c2cnc(COc3ccc(Br)cc3)o2)cc1. The molecule has 0 aliphatic carbocycles. The summed E-state index contributed by atoms with van der Waals surface area (Å²) in [5.74, 6) is 1.51. The molecule has 1 heterocycles. The Kier molecular flexibility index (Phi) is 4.01. The van der Waals surface area contributed by atoms with Gasteiger partial charge in [0, 0.05) is 10.0 Å². The third-order valence-corrected chi connectivity index (χ3v) is 3.39. The molecule has 0 atom stereocenters. The minimum Gasteiger partial charge on any atom is -0.484 e. The van der Waals surface area contributed by atoms with Crippen LogP contribution in [-0.4, -0.2) is 4.98 Å². The fourth-order valence-corrected chi connectivity index (χ4v) is 2.06. The van der Waals surface area contributed by atoms with Crippen molar-refractivity contribution in [3.63, 3.8) is 0 Å². The van der Waals surface area contributed by atoms with Crippen LogP contribution in [0.15, 0.2) is 63.6 Å². The number of aromatic nitrogens is 1. The van der Waals surface area contributed by atoms with Crippen molar-refractivity contribution < 1.29 is 13.5 Å². The molecule has 0 unspecified atom stereocenters. The lowest BCUT2D eigenvalue weighted by Gasteiger charge is -2.03. The minimum absolute atomic E-state index is 0.239. The predicted octanol–water partition coefficient (Wildman–Crippen LogP) is 4.82. The van der Waals surface area contributed by atoms with Crippen molar-refractivity contribution >= 4 is 15.9 Å². The third-order valence-electron chi connectivity index (χ3n) is 2.86. The lowest BCUT2D eigenvalue weighted by molar-refractivity contribution is 0.264. The third kappa shape index (κ3) is 3.49. The molecule has 0 radical (unpaired) electrons. The predicted molar refractivity (Wildman–Crippen MR) is 80.4 cm³/mol. The van der Waals surface area contributed by atoms with Gasteiger partial charge in [0.05, 0.1) is 6.20 Å². The molecule has 0 bridgehead atoms. The summed E-state index contributed by atoms with van der Waals surface area (Å²) in [6.07, 6.45) is 1.60. The van der Waals surface area contributed by atoms with E-state index in [1.807, 2.05) is 24.3 Å². The van der Waals surface area contributed by atoms with Crippen molar-refractivity contribution in [2.24, 2.45) is 0 Å². The number of oxazole rings is 1. The molecular weight excluding hydrogens is 337 g/mol. The molecule has 5 heteroatoms. The van der Waals surface area contributed by atoms with Crippen molar-refractivity contribution in [3.8, 4) is 17.1 Å². The Morgan fingerprint density at radius 1 is 1.05 bits per heavy atom. The number of hydrogen-bond acceptors (Lipinski definition) is 3. The van der Waals surface area contributed by atoms with E-state index in [1.54, 1.807) is 18.3 Å². The van der Waals surface area contributed by atoms with Gasteiger partial charge in [0.25, 0.3) is 0 Å². The van der Waals surface area contributed by atoms with Gasteiger partial charge >= 0.3 is 0 Å². The van der Waals surface area contributed by atoms with Gasteiger partial charge in [-0.25, -0.2) is 9.37 Å².